The second-order valence-electron chi connectivity index (χ2n) is 3.48. The molecule has 0 aromatic rings. The standard InChI is InChI=1S/C10H14N4O3S/c1-3-17-9(15)6-8-14(2)10(16)7(18-8)4-5-12-13-11/h6-7H,3-5H2,1-2H3/b8-6-. The molecule has 1 fully saturated rings. The lowest BCUT2D eigenvalue weighted by Crippen LogP contribution is -2.25. The largest absolute Gasteiger partial charge is 0.463 e. The van der Waals surface area contributed by atoms with E-state index in [2.05, 4.69) is 10.0 Å². The van der Waals surface area contributed by atoms with E-state index in [0.717, 1.165) is 0 Å². The number of esters is 1. The first kappa shape index (κ1) is 14.4. The highest BCUT2D eigenvalue weighted by molar-refractivity contribution is 8.04. The zero-order valence-corrected chi connectivity index (χ0v) is 11.0. The van der Waals surface area contributed by atoms with E-state index in [0.29, 0.717) is 18.1 Å². The second-order valence-corrected chi connectivity index (χ2v) is 4.70. The number of carbonyl (C=O) groups excluding carboxylic acids is 2. The third-order valence-electron chi connectivity index (χ3n) is 2.28. The van der Waals surface area contributed by atoms with Crippen LogP contribution in [0.2, 0.25) is 0 Å². The van der Waals surface area contributed by atoms with E-state index in [1.54, 1.807) is 14.0 Å². The second kappa shape index (κ2) is 6.93. The van der Waals surface area contributed by atoms with Gasteiger partial charge in [-0.25, -0.2) is 4.79 Å². The first-order chi connectivity index (χ1) is 8.60. The number of rotatable bonds is 5. The molecular formula is C10H14N4O3S. The Morgan fingerprint density at radius 2 is 2.44 bits per heavy atom. The van der Waals surface area contributed by atoms with E-state index in [1.165, 1.54) is 22.7 Å². The maximum atomic E-state index is 11.8. The summed E-state index contributed by atoms with van der Waals surface area (Å²) in [5.41, 5.74) is 8.17. The van der Waals surface area contributed by atoms with Gasteiger partial charge in [0.15, 0.2) is 0 Å². The Kier molecular flexibility index (Phi) is 5.54. The normalized spacial score (nSPS) is 21.0. The minimum absolute atomic E-state index is 0.0938. The minimum Gasteiger partial charge on any atom is -0.463 e. The molecule has 0 radical (unpaired) electrons. The summed E-state index contributed by atoms with van der Waals surface area (Å²) in [5, 5.41) is 3.65. The number of thioether (sulfide) groups is 1. The molecular weight excluding hydrogens is 256 g/mol. The number of azide groups is 1. The fraction of sp³-hybridized carbons (Fsp3) is 0.600. The lowest BCUT2D eigenvalue weighted by molar-refractivity contribution is -0.137. The average molecular weight is 270 g/mol. The quantitative estimate of drug-likeness (QED) is 0.249. The van der Waals surface area contributed by atoms with Gasteiger partial charge in [0.05, 0.1) is 23.0 Å². The van der Waals surface area contributed by atoms with Crippen LogP contribution in [-0.4, -0.2) is 42.2 Å². The molecule has 0 aromatic carbocycles. The van der Waals surface area contributed by atoms with E-state index in [9.17, 15) is 9.59 Å². The van der Waals surface area contributed by atoms with Crippen molar-refractivity contribution in [2.45, 2.75) is 18.6 Å². The van der Waals surface area contributed by atoms with Crippen LogP contribution in [0.15, 0.2) is 16.2 Å². The van der Waals surface area contributed by atoms with Crippen molar-refractivity contribution in [1.82, 2.24) is 4.90 Å². The Labute approximate surface area is 109 Å². The van der Waals surface area contributed by atoms with Crippen molar-refractivity contribution in [2.24, 2.45) is 5.11 Å². The van der Waals surface area contributed by atoms with Crippen molar-refractivity contribution in [3.8, 4) is 0 Å². The smallest absolute Gasteiger partial charge is 0.333 e. The van der Waals surface area contributed by atoms with Crippen molar-refractivity contribution in [3.05, 3.63) is 21.5 Å². The number of ether oxygens (including phenoxy) is 1. The maximum Gasteiger partial charge on any atom is 0.333 e. The zero-order valence-electron chi connectivity index (χ0n) is 10.2. The van der Waals surface area contributed by atoms with E-state index in [-0.39, 0.29) is 17.7 Å². The Morgan fingerprint density at radius 3 is 3.06 bits per heavy atom. The fourth-order valence-electron chi connectivity index (χ4n) is 1.42. The van der Waals surface area contributed by atoms with Crippen LogP contribution in [0.5, 0.6) is 0 Å². The van der Waals surface area contributed by atoms with Crippen molar-refractivity contribution in [2.75, 3.05) is 20.2 Å². The number of amides is 1. The molecule has 0 saturated carbocycles. The predicted octanol–water partition coefficient (Wildman–Crippen LogP) is 1.67. The van der Waals surface area contributed by atoms with Crippen LogP contribution in [0.3, 0.4) is 0 Å². The van der Waals surface area contributed by atoms with Crippen molar-refractivity contribution in [1.29, 1.82) is 0 Å². The zero-order chi connectivity index (χ0) is 13.5. The Morgan fingerprint density at radius 1 is 1.72 bits per heavy atom. The molecule has 1 amide bonds. The predicted molar refractivity (Wildman–Crippen MR) is 67.5 cm³/mol. The fourth-order valence-corrected chi connectivity index (χ4v) is 2.60. The molecule has 1 aliphatic heterocycles. The molecule has 1 rings (SSSR count). The first-order valence-corrected chi connectivity index (χ1v) is 6.31. The van der Waals surface area contributed by atoms with Crippen molar-refractivity contribution >= 4 is 23.6 Å². The summed E-state index contributed by atoms with van der Waals surface area (Å²) in [4.78, 5) is 27.2. The molecule has 98 valence electrons. The van der Waals surface area contributed by atoms with Gasteiger partial charge in [-0.05, 0) is 18.9 Å². The van der Waals surface area contributed by atoms with Gasteiger partial charge in [0, 0.05) is 18.5 Å². The van der Waals surface area contributed by atoms with E-state index in [1.807, 2.05) is 0 Å². The number of hydrogen-bond donors (Lipinski definition) is 0. The summed E-state index contributed by atoms with van der Waals surface area (Å²) in [5.74, 6) is -0.556. The minimum atomic E-state index is -0.463. The third-order valence-corrected chi connectivity index (χ3v) is 3.64. The number of carbonyl (C=O) groups is 2. The van der Waals surface area contributed by atoms with Crippen LogP contribution >= 0.6 is 11.8 Å². The SMILES string of the molecule is CCOC(=O)/C=C1\SC(CCN=[N+]=[N-])C(=O)N1C. The van der Waals surface area contributed by atoms with Gasteiger partial charge >= 0.3 is 5.97 Å². The topological polar surface area (TPSA) is 95.4 Å². The van der Waals surface area contributed by atoms with Gasteiger partial charge < -0.3 is 9.64 Å². The van der Waals surface area contributed by atoms with Crippen LogP contribution in [0.1, 0.15) is 13.3 Å². The highest BCUT2D eigenvalue weighted by Gasteiger charge is 2.34. The molecule has 0 bridgehead atoms. The molecule has 7 nitrogen and oxygen atoms in total. The molecule has 8 heteroatoms. The Hall–Kier alpha value is -1.66. The van der Waals surface area contributed by atoms with Gasteiger partial charge in [-0.3, -0.25) is 4.79 Å². The molecule has 1 atom stereocenters. The monoisotopic (exact) mass is 270 g/mol. The van der Waals surface area contributed by atoms with Crippen LogP contribution in [0, 0.1) is 0 Å². The van der Waals surface area contributed by atoms with Crippen LogP contribution in [0.4, 0.5) is 0 Å². The van der Waals surface area contributed by atoms with Crippen LogP contribution < -0.4 is 0 Å². The number of nitrogens with zero attached hydrogens (tertiary/aromatic N) is 4. The summed E-state index contributed by atoms with van der Waals surface area (Å²) in [7, 11) is 1.61. The van der Waals surface area contributed by atoms with E-state index < -0.39 is 5.97 Å². The molecule has 1 saturated heterocycles. The first-order valence-electron chi connectivity index (χ1n) is 5.43. The van der Waals surface area contributed by atoms with Crippen LogP contribution in [-0.2, 0) is 14.3 Å². The van der Waals surface area contributed by atoms with Crippen molar-refractivity contribution < 1.29 is 14.3 Å². The lowest BCUT2D eigenvalue weighted by atomic mass is 10.3. The lowest BCUT2D eigenvalue weighted by Gasteiger charge is -2.08. The average Bonchev–Trinajstić information content (AvgIpc) is 2.58. The molecule has 1 aliphatic rings. The van der Waals surface area contributed by atoms with Gasteiger partial charge in [0.2, 0.25) is 5.91 Å². The summed E-state index contributed by atoms with van der Waals surface area (Å²) >= 11 is 1.28. The van der Waals surface area contributed by atoms with Gasteiger partial charge in [-0.15, -0.1) is 0 Å². The maximum absolute atomic E-state index is 11.8. The summed E-state index contributed by atoms with van der Waals surface area (Å²) in [6, 6.07) is 0. The molecule has 0 aromatic heterocycles. The van der Waals surface area contributed by atoms with Gasteiger partial charge in [0.1, 0.15) is 0 Å². The molecule has 1 heterocycles. The van der Waals surface area contributed by atoms with E-state index >= 15 is 0 Å². The van der Waals surface area contributed by atoms with Gasteiger partial charge in [0.25, 0.3) is 0 Å². The summed E-state index contributed by atoms with van der Waals surface area (Å²) in [6.07, 6.45) is 1.76. The molecule has 1 unspecified atom stereocenters. The van der Waals surface area contributed by atoms with Crippen LogP contribution in [0.25, 0.3) is 10.4 Å². The van der Waals surface area contributed by atoms with E-state index in [4.69, 9.17) is 10.3 Å². The van der Waals surface area contributed by atoms with Gasteiger partial charge in [-0.1, -0.05) is 16.9 Å². The summed E-state index contributed by atoms with van der Waals surface area (Å²) < 4.78 is 4.79. The number of hydrogen-bond acceptors (Lipinski definition) is 5. The molecule has 0 spiro atoms. The molecule has 0 N–H and O–H groups in total. The van der Waals surface area contributed by atoms with Crippen molar-refractivity contribution in [3.63, 3.8) is 0 Å². The van der Waals surface area contributed by atoms with Gasteiger partial charge in [-0.2, -0.15) is 0 Å². The highest BCUT2D eigenvalue weighted by atomic mass is 32.2. The Balaban J connectivity index is 2.66. The third kappa shape index (κ3) is 3.68. The molecule has 18 heavy (non-hydrogen) atoms. The Bertz CT molecular complexity index is 417. The highest BCUT2D eigenvalue weighted by Crippen LogP contribution is 2.35. The summed E-state index contributed by atoms with van der Waals surface area (Å²) in [6.45, 7) is 2.28. The molecule has 0 aliphatic carbocycles.